The number of nitrogens with zero attached hydrogens (tertiary/aromatic N) is 1. The Balaban J connectivity index is 2.34. The summed E-state index contributed by atoms with van der Waals surface area (Å²) in [4.78, 5) is 2.22. The molecule has 0 aromatic rings. The Bertz CT molecular complexity index is 111. The molecule has 0 saturated carbocycles. The van der Waals surface area contributed by atoms with Crippen LogP contribution in [0.15, 0.2) is 0 Å². The predicted molar refractivity (Wildman–Crippen MR) is 45.6 cm³/mol. The summed E-state index contributed by atoms with van der Waals surface area (Å²) in [6, 6.07) is 0. The molecule has 1 saturated heterocycles. The van der Waals surface area contributed by atoms with Gasteiger partial charge >= 0.3 is 7.12 Å². The van der Waals surface area contributed by atoms with Gasteiger partial charge in [-0.25, -0.2) is 0 Å². The van der Waals surface area contributed by atoms with E-state index in [1.165, 1.54) is 0 Å². The van der Waals surface area contributed by atoms with E-state index in [2.05, 4.69) is 18.9 Å². The van der Waals surface area contributed by atoms with Crippen LogP contribution >= 0.6 is 0 Å². The summed E-state index contributed by atoms with van der Waals surface area (Å²) < 4.78 is 10.9. The first-order valence-electron chi connectivity index (χ1n) is 4.14. The third-order valence-corrected chi connectivity index (χ3v) is 1.82. The van der Waals surface area contributed by atoms with E-state index in [4.69, 9.17) is 9.31 Å². The Kier molecular flexibility index (Phi) is 3.36. The maximum Gasteiger partial charge on any atom is 0.453 e. The van der Waals surface area contributed by atoms with Gasteiger partial charge in [-0.15, -0.1) is 0 Å². The first-order valence-corrected chi connectivity index (χ1v) is 4.14. The first kappa shape index (κ1) is 9.04. The average molecular weight is 157 g/mol. The van der Waals surface area contributed by atoms with Crippen molar-refractivity contribution < 1.29 is 9.31 Å². The standard InChI is InChI=1S/C7H16BNO2/c1-7-6-9(3)4-5-10-8(2)11-7/h7H,4-6H2,1-3H3. The van der Waals surface area contributed by atoms with Crippen molar-refractivity contribution >= 4 is 7.12 Å². The molecule has 0 radical (unpaired) electrons. The van der Waals surface area contributed by atoms with Crippen LogP contribution in [0.25, 0.3) is 0 Å². The summed E-state index contributed by atoms with van der Waals surface area (Å²) in [5, 5.41) is 0. The van der Waals surface area contributed by atoms with E-state index in [1.807, 2.05) is 6.82 Å². The number of hydrogen-bond donors (Lipinski definition) is 0. The third-order valence-electron chi connectivity index (χ3n) is 1.82. The molecule has 0 aromatic carbocycles. The molecule has 1 fully saturated rings. The van der Waals surface area contributed by atoms with Crippen LogP contribution in [-0.4, -0.2) is 44.9 Å². The van der Waals surface area contributed by atoms with Gasteiger partial charge < -0.3 is 14.2 Å². The molecule has 0 bridgehead atoms. The van der Waals surface area contributed by atoms with Crippen LogP contribution in [-0.2, 0) is 9.31 Å². The molecule has 1 atom stereocenters. The van der Waals surface area contributed by atoms with Gasteiger partial charge in [-0.2, -0.15) is 0 Å². The number of likely N-dealkylation sites (N-methyl/N-ethyl adjacent to an activating group) is 1. The van der Waals surface area contributed by atoms with E-state index in [-0.39, 0.29) is 13.2 Å². The van der Waals surface area contributed by atoms with Crippen molar-refractivity contribution in [3.63, 3.8) is 0 Å². The Morgan fingerprint density at radius 2 is 2.27 bits per heavy atom. The molecule has 1 aliphatic heterocycles. The molecule has 4 heteroatoms. The lowest BCUT2D eigenvalue weighted by Crippen LogP contribution is -2.39. The highest BCUT2D eigenvalue weighted by atomic mass is 16.6. The summed E-state index contributed by atoms with van der Waals surface area (Å²) in [6.07, 6.45) is 0.273. The van der Waals surface area contributed by atoms with Crippen molar-refractivity contribution in [1.29, 1.82) is 0 Å². The molecule has 0 amide bonds. The average Bonchev–Trinajstić information content (AvgIpc) is 1.83. The Labute approximate surface area is 68.8 Å². The zero-order valence-electron chi connectivity index (χ0n) is 7.54. The zero-order valence-corrected chi connectivity index (χ0v) is 7.54. The lowest BCUT2D eigenvalue weighted by Gasteiger charge is -2.27. The van der Waals surface area contributed by atoms with Crippen molar-refractivity contribution in [2.45, 2.75) is 19.9 Å². The molecule has 0 aliphatic carbocycles. The predicted octanol–water partition coefficient (Wildman–Crippen LogP) is 0.471. The van der Waals surface area contributed by atoms with Crippen LogP contribution in [0, 0.1) is 0 Å². The van der Waals surface area contributed by atoms with Crippen molar-refractivity contribution in [1.82, 2.24) is 4.90 Å². The largest absolute Gasteiger partial charge is 0.453 e. The lowest BCUT2D eigenvalue weighted by molar-refractivity contribution is 0.0820. The van der Waals surface area contributed by atoms with E-state index in [1.54, 1.807) is 0 Å². The van der Waals surface area contributed by atoms with Gasteiger partial charge in [0.15, 0.2) is 0 Å². The highest BCUT2D eigenvalue weighted by Gasteiger charge is 2.18. The minimum absolute atomic E-state index is 0.0429. The van der Waals surface area contributed by atoms with Gasteiger partial charge in [0.2, 0.25) is 0 Å². The van der Waals surface area contributed by atoms with Crippen LogP contribution in [0.1, 0.15) is 6.92 Å². The molecular formula is C7H16BNO2. The minimum atomic E-state index is -0.0429. The van der Waals surface area contributed by atoms with Crippen LogP contribution in [0.3, 0.4) is 0 Å². The fraction of sp³-hybridized carbons (Fsp3) is 1.00. The van der Waals surface area contributed by atoms with Gasteiger partial charge in [0.25, 0.3) is 0 Å². The summed E-state index contributed by atoms with van der Waals surface area (Å²) in [5.74, 6) is 0. The maximum atomic E-state index is 5.50. The summed E-state index contributed by atoms with van der Waals surface area (Å²) >= 11 is 0. The molecule has 0 aromatic heterocycles. The summed E-state index contributed by atoms with van der Waals surface area (Å²) in [6.45, 7) is 6.78. The van der Waals surface area contributed by atoms with E-state index in [0.29, 0.717) is 0 Å². The first-order chi connectivity index (χ1) is 5.18. The smallest absolute Gasteiger partial charge is 0.410 e. The van der Waals surface area contributed by atoms with Gasteiger partial charge in [-0.1, -0.05) is 0 Å². The second kappa shape index (κ2) is 4.09. The van der Waals surface area contributed by atoms with Crippen molar-refractivity contribution in [2.75, 3.05) is 26.7 Å². The molecule has 11 heavy (non-hydrogen) atoms. The van der Waals surface area contributed by atoms with Crippen LogP contribution in [0.5, 0.6) is 0 Å². The quantitative estimate of drug-likeness (QED) is 0.477. The van der Waals surface area contributed by atoms with Crippen LogP contribution < -0.4 is 0 Å². The molecule has 0 spiro atoms. The highest BCUT2D eigenvalue weighted by Crippen LogP contribution is 2.02. The number of rotatable bonds is 0. The molecule has 1 heterocycles. The van der Waals surface area contributed by atoms with Crippen LogP contribution in [0.2, 0.25) is 6.82 Å². The molecular weight excluding hydrogens is 141 g/mol. The monoisotopic (exact) mass is 157 g/mol. The fourth-order valence-electron chi connectivity index (χ4n) is 1.31. The highest BCUT2D eigenvalue weighted by molar-refractivity contribution is 6.42. The van der Waals surface area contributed by atoms with Gasteiger partial charge in [-0.05, 0) is 20.8 Å². The summed E-state index contributed by atoms with van der Waals surface area (Å²) in [5.41, 5.74) is 0. The molecule has 0 N–H and O–H groups in total. The molecule has 64 valence electrons. The Hall–Kier alpha value is -0.0551. The van der Waals surface area contributed by atoms with E-state index in [0.717, 1.165) is 19.7 Å². The van der Waals surface area contributed by atoms with Gasteiger partial charge in [0, 0.05) is 19.7 Å². The molecule has 1 rings (SSSR count). The topological polar surface area (TPSA) is 21.7 Å². The van der Waals surface area contributed by atoms with Gasteiger partial charge in [0.1, 0.15) is 0 Å². The second-order valence-electron chi connectivity index (χ2n) is 3.15. The fourth-order valence-corrected chi connectivity index (χ4v) is 1.31. The second-order valence-corrected chi connectivity index (χ2v) is 3.15. The number of hydrogen-bond acceptors (Lipinski definition) is 3. The minimum Gasteiger partial charge on any atom is -0.410 e. The SMILES string of the molecule is CB1OCCN(C)CC(C)O1. The molecule has 1 unspecified atom stereocenters. The summed E-state index contributed by atoms with van der Waals surface area (Å²) in [7, 11) is 2.04. The van der Waals surface area contributed by atoms with Crippen molar-refractivity contribution in [3.8, 4) is 0 Å². The zero-order chi connectivity index (χ0) is 8.27. The van der Waals surface area contributed by atoms with E-state index < -0.39 is 0 Å². The van der Waals surface area contributed by atoms with Crippen molar-refractivity contribution in [3.05, 3.63) is 0 Å². The maximum absolute atomic E-state index is 5.50. The lowest BCUT2D eigenvalue weighted by atomic mass is 9.94. The molecule has 3 nitrogen and oxygen atoms in total. The van der Waals surface area contributed by atoms with Crippen LogP contribution in [0.4, 0.5) is 0 Å². The Morgan fingerprint density at radius 1 is 1.55 bits per heavy atom. The van der Waals surface area contributed by atoms with E-state index >= 15 is 0 Å². The Morgan fingerprint density at radius 3 is 3.00 bits per heavy atom. The van der Waals surface area contributed by atoms with Gasteiger partial charge in [-0.3, -0.25) is 0 Å². The normalized spacial score (nSPS) is 29.7. The molecule has 1 aliphatic rings. The van der Waals surface area contributed by atoms with Crippen molar-refractivity contribution in [2.24, 2.45) is 0 Å². The van der Waals surface area contributed by atoms with Gasteiger partial charge in [0.05, 0.1) is 6.10 Å². The van der Waals surface area contributed by atoms with E-state index in [9.17, 15) is 0 Å². The third kappa shape index (κ3) is 3.23.